The summed E-state index contributed by atoms with van der Waals surface area (Å²) in [6.45, 7) is 0. The highest BCUT2D eigenvalue weighted by Gasteiger charge is 2.39. The van der Waals surface area contributed by atoms with Crippen LogP contribution < -0.4 is 5.32 Å². The molecule has 4 heterocycles. The van der Waals surface area contributed by atoms with E-state index in [9.17, 15) is 18.0 Å². The Kier molecular flexibility index (Phi) is 5.06. The van der Waals surface area contributed by atoms with Crippen molar-refractivity contribution in [2.45, 2.75) is 6.18 Å². The number of amides is 1. The zero-order valence-electron chi connectivity index (χ0n) is 16.2. The van der Waals surface area contributed by atoms with Crippen LogP contribution in [0.5, 0.6) is 0 Å². The van der Waals surface area contributed by atoms with Gasteiger partial charge in [0.2, 0.25) is 0 Å². The number of aromatic nitrogens is 7. The smallest absolute Gasteiger partial charge is 0.320 e. The maximum atomic E-state index is 13.7. The highest BCUT2D eigenvalue weighted by atomic mass is 35.5. The van der Waals surface area contributed by atoms with Crippen molar-refractivity contribution in [2.24, 2.45) is 0 Å². The number of nitrogens with zero attached hydrogens (tertiary/aromatic N) is 7. The number of benzene rings is 1. The van der Waals surface area contributed by atoms with Crippen molar-refractivity contribution in [3.8, 4) is 11.6 Å². The molecule has 1 N–H and O–H groups in total. The van der Waals surface area contributed by atoms with Gasteiger partial charge in [-0.3, -0.25) is 4.79 Å². The number of alkyl halides is 3. The Hall–Kier alpha value is -3.84. The third kappa shape index (κ3) is 3.91. The van der Waals surface area contributed by atoms with E-state index in [0.717, 1.165) is 31.9 Å². The number of pyridine rings is 1. The van der Waals surface area contributed by atoms with Gasteiger partial charge in [0.25, 0.3) is 5.91 Å². The first-order chi connectivity index (χ1) is 15.8. The second-order valence-electron chi connectivity index (χ2n) is 6.64. The summed E-state index contributed by atoms with van der Waals surface area (Å²) >= 11 is 7.28. The maximum absolute atomic E-state index is 13.7. The van der Waals surface area contributed by atoms with Crippen LogP contribution in [0.25, 0.3) is 21.7 Å². The van der Waals surface area contributed by atoms with E-state index < -0.39 is 23.3 Å². The minimum atomic E-state index is -4.87. The molecule has 1 amide bonds. The Morgan fingerprint density at radius 2 is 1.88 bits per heavy atom. The molecule has 0 aliphatic carbocycles. The molecule has 14 heteroatoms. The number of halogens is 4. The van der Waals surface area contributed by atoms with Crippen LogP contribution in [-0.2, 0) is 6.18 Å². The van der Waals surface area contributed by atoms with Crippen LogP contribution in [-0.4, -0.2) is 40.0 Å². The molecule has 0 radical (unpaired) electrons. The zero-order valence-corrected chi connectivity index (χ0v) is 17.7. The fraction of sp³-hybridized carbons (Fsp3) is 0.0526. The lowest BCUT2D eigenvalue weighted by atomic mass is 10.2. The third-order valence-electron chi connectivity index (χ3n) is 4.49. The lowest BCUT2D eigenvalue weighted by molar-refractivity contribution is -0.141. The number of hydrogen-bond donors (Lipinski definition) is 1. The average molecular weight is 491 g/mol. The van der Waals surface area contributed by atoms with E-state index in [4.69, 9.17) is 11.6 Å². The summed E-state index contributed by atoms with van der Waals surface area (Å²) in [5.41, 5.74) is -1.93. The molecule has 0 aliphatic rings. The van der Waals surface area contributed by atoms with Crippen LogP contribution in [0, 0.1) is 0 Å². The molecule has 0 fully saturated rings. The summed E-state index contributed by atoms with van der Waals surface area (Å²) in [6.07, 6.45) is 0.213. The standard InChI is InChI=1S/C19H10ClF3N8OS/c20-13-7-10(8-24-17(13)31-25-5-6-26-31)27-18(32)12-9-30(28-15(12)19(21,22)23)16-11-3-1-2-4-14(11)33-29-16/h1-9H,(H,27,32). The van der Waals surface area contributed by atoms with Crippen molar-refractivity contribution in [1.29, 1.82) is 0 Å². The molecule has 166 valence electrons. The Balaban J connectivity index is 1.49. The summed E-state index contributed by atoms with van der Waals surface area (Å²) in [4.78, 5) is 18.0. The van der Waals surface area contributed by atoms with E-state index in [2.05, 4.69) is 30.0 Å². The quantitative estimate of drug-likeness (QED) is 0.401. The van der Waals surface area contributed by atoms with Gasteiger partial charge in [0.1, 0.15) is 0 Å². The Labute approximate surface area is 191 Å². The van der Waals surface area contributed by atoms with Crippen molar-refractivity contribution >= 4 is 44.8 Å². The fourth-order valence-corrected chi connectivity index (χ4v) is 4.07. The summed E-state index contributed by atoms with van der Waals surface area (Å²) < 4.78 is 46.9. The number of rotatable bonds is 4. The van der Waals surface area contributed by atoms with Crippen LogP contribution in [0.15, 0.2) is 55.1 Å². The Morgan fingerprint density at radius 3 is 2.61 bits per heavy atom. The van der Waals surface area contributed by atoms with Gasteiger partial charge in [-0.05, 0) is 29.7 Å². The largest absolute Gasteiger partial charge is 0.435 e. The summed E-state index contributed by atoms with van der Waals surface area (Å²) in [7, 11) is 0. The second-order valence-corrected chi connectivity index (χ2v) is 7.85. The van der Waals surface area contributed by atoms with Crippen molar-refractivity contribution in [3.63, 3.8) is 0 Å². The Morgan fingerprint density at radius 1 is 1.12 bits per heavy atom. The summed E-state index contributed by atoms with van der Waals surface area (Å²) in [5.74, 6) is -0.643. The van der Waals surface area contributed by atoms with Gasteiger partial charge in [0, 0.05) is 11.6 Å². The van der Waals surface area contributed by atoms with E-state index in [1.165, 1.54) is 24.7 Å². The first-order valence-electron chi connectivity index (χ1n) is 9.16. The predicted molar refractivity (Wildman–Crippen MR) is 114 cm³/mol. The van der Waals surface area contributed by atoms with E-state index in [0.29, 0.717) is 5.39 Å². The van der Waals surface area contributed by atoms with Crippen molar-refractivity contribution in [3.05, 3.63) is 71.4 Å². The SMILES string of the molecule is O=C(Nc1cnc(-n2nccn2)c(Cl)c1)c1cn(-c2nsc3ccccc23)nc1C(F)(F)F. The van der Waals surface area contributed by atoms with Gasteiger partial charge in [-0.1, -0.05) is 23.7 Å². The molecule has 4 aromatic heterocycles. The number of fused-ring (bicyclic) bond motifs is 1. The zero-order chi connectivity index (χ0) is 23.2. The third-order valence-corrected chi connectivity index (χ3v) is 5.59. The van der Waals surface area contributed by atoms with Gasteiger partial charge < -0.3 is 5.32 Å². The molecule has 33 heavy (non-hydrogen) atoms. The molecule has 1 aromatic carbocycles. The highest BCUT2D eigenvalue weighted by molar-refractivity contribution is 7.13. The van der Waals surface area contributed by atoms with Gasteiger partial charge >= 0.3 is 6.18 Å². The van der Waals surface area contributed by atoms with Crippen LogP contribution in [0.3, 0.4) is 0 Å². The molecule has 0 saturated heterocycles. The highest BCUT2D eigenvalue weighted by Crippen LogP contribution is 2.33. The normalized spacial score (nSPS) is 11.8. The van der Waals surface area contributed by atoms with E-state index >= 15 is 0 Å². The molecule has 0 atom stereocenters. The van der Waals surface area contributed by atoms with Gasteiger partial charge in [-0.25, -0.2) is 9.67 Å². The molecule has 0 bridgehead atoms. The topological polar surface area (TPSA) is 103 Å². The molecule has 9 nitrogen and oxygen atoms in total. The van der Waals surface area contributed by atoms with Gasteiger partial charge in [0.15, 0.2) is 17.3 Å². The number of anilines is 1. The Bertz CT molecular complexity index is 1480. The van der Waals surface area contributed by atoms with E-state index in [-0.39, 0.29) is 22.3 Å². The van der Waals surface area contributed by atoms with Gasteiger partial charge in [0.05, 0.1) is 39.6 Å². The number of carbonyl (C=O) groups excluding carboxylic acids is 1. The number of hydrogen-bond acceptors (Lipinski definition) is 7. The summed E-state index contributed by atoms with van der Waals surface area (Å²) in [5, 5.41) is 14.5. The first kappa shape index (κ1) is 21.0. The van der Waals surface area contributed by atoms with Crippen LogP contribution in [0.1, 0.15) is 16.1 Å². The molecule has 0 aliphatic heterocycles. The van der Waals surface area contributed by atoms with E-state index in [1.54, 1.807) is 24.3 Å². The van der Waals surface area contributed by atoms with Gasteiger partial charge in [-0.2, -0.15) is 32.8 Å². The summed E-state index contributed by atoms with van der Waals surface area (Å²) in [6, 6.07) is 8.36. The molecule has 0 saturated carbocycles. The second kappa shape index (κ2) is 7.94. The molecular weight excluding hydrogens is 481 g/mol. The maximum Gasteiger partial charge on any atom is 0.435 e. The van der Waals surface area contributed by atoms with Crippen molar-refractivity contribution in [2.75, 3.05) is 5.32 Å². The molecule has 5 rings (SSSR count). The molecule has 5 aromatic rings. The minimum Gasteiger partial charge on any atom is -0.320 e. The predicted octanol–water partition coefficient (Wildman–Crippen LogP) is 4.38. The van der Waals surface area contributed by atoms with Crippen LogP contribution >= 0.6 is 23.1 Å². The van der Waals surface area contributed by atoms with Gasteiger partial charge in [-0.15, -0.1) is 4.80 Å². The lowest BCUT2D eigenvalue weighted by Crippen LogP contribution is -2.18. The minimum absolute atomic E-state index is 0.0842. The monoisotopic (exact) mass is 490 g/mol. The lowest BCUT2D eigenvalue weighted by Gasteiger charge is -2.08. The molecule has 0 spiro atoms. The number of nitrogens with one attached hydrogen (secondary N) is 1. The van der Waals surface area contributed by atoms with Crippen molar-refractivity contribution in [1.82, 2.24) is 34.1 Å². The van der Waals surface area contributed by atoms with Crippen LogP contribution in [0.2, 0.25) is 5.02 Å². The first-order valence-corrected chi connectivity index (χ1v) is 10.3. The molecular formula is C19H10ClF3N8OS. The van der Waals surface area contributed by atoms with Crippen LogP contribution in [0.4, 0.5) is 18.9 Å². The average Bonchev–Trinajstić information content (AvgIpc) is 3.52. The number of carbonyl (C=O) groups is 1. The van der Waals surface area contributed by atoms with E-state index in [1.807, 2.05) is 0 Å². The van der Waals surface area contributed by atoms with Crippen molar-refractivity contribution < 1.29 is 18.0 Å². The molecule has 0 unspecified atom stereocenters. The fourth-order valence-electron chi connectivity index (χ4n) is 3.07.